The standard InChI is InChI=1S/C15H11ClFN3/c1-18-15-13(9-5-2-3-6-10(9)16)20-14-11(17)7-4-8-12(14)19-15/h2-8H,1H3,(H,18,19). The molecule has 0 saturated carbocycles. The fourth-order valence-electron chi connectivity index (χ4n) is 2.06. The van der Waals surface area contributed by atoms with Crippen LogP contribution < -0.4 is 5.32 Å². The van der Waals surface area contributed by atoms with E-state index in [2.05, 4.69) is 15.3 Å². The van der Waals surface area contributed by atoms with Crippen molar-refractivity contribution in [3.63, 3.8) is 0 Å². The molecule has 5 heteroatoms. The van der Waals surface area contributed by atoms with Crippen molar-refractivity contribution in [2.75, 3.05) is 12.4 Å². The van der Waals surface area contributed by atoms with E-state index in [1.54, 1.807) is 25.2 Å². The highest BCUT2D eigenvalue weighted by atomic mass is 35.5. The highest BCUT2D eigenvalue weighted by molar-refractivity contribution is 6.33. The monoisotopic (exact) mass is 287 g/mol. The molecule has 3 rings (SSSR count). The quantitative estimate of drug-likeness (QED) is 0.770. The maximum atomic E-state index is 13.9. The molecule has 0 aliphatic rings. The lowest BCUT2D eigenvalue weighted by molar-refractivity contribution is 0.636. The molecule has 0 aliphatic heterocycles. The molecular weight excluding hydrogens is 277 g/mol. The Balaban J connectivity index is 2.34. The fraction of sp³-hybridized carbons (Fsp3) is 0.0667. The zero-order chi connectivity index (χ0) is 14.1. The summed E-state index contributed by atoms with van der Waals surface area (Å²) in [5.74, 6) is 0.169. The molecule has 0 saturated heterocycles. The summed E-state index contributed by atoms with van der Waals surface area (Å²) in [5, 5.41) is 3.53. The molecule has 0 spiro atoms. The predicted molar refractivity (Wildman–Crippen MR) is 79.5 cm³/mol. The minimum Gasteiger partial charge on any atom is -0.371 e. The van der Waals surface area contributed by atoms with Gasteiger partial charge >= 0.3 is 0 Å². The molecule has 0 aliphatic carbocycles. The predicted octanol–water partition coefficient (Wildman–Crippen LogP) is 4.13. The molecule has 0 amide bonds. The number of nitrogens with zero attached hydrogens (tertiary/aromatic N) is 2. The van der Waals surface area contributed by atoms with Crippen LogP contribution in [0, 0.1) is 5.82 Å². The van der Waals surface area contributed by atoms with Gasteiger partial charge < -0.3 is 5.32 Å². The van der Waals surface area contributed by atoms with E-state index in [9.17, 15) is 4.39 Å². The van der Waals surface area contributed by atoms with Gasteiger partial charge in [-0.1, -0.05) is 35.9 Å². The number of rotatable bonds is 2. The Bertz CT molecular complexity index is 789. The minimum absolute atomic E-state index is 0.237. The number of fused-ring (bicyclic) bond motifs is 1. The molecule has 0 bridgehead atoms. The van der Waals surface area contributed by atoms with Crippen LogP contribution in [-0.4, -0.2) is 17.0 Å². The Morgan fingerprint density at radius 2 is 1.85 bits per heavy atom. The normalized spacial score (nSPS) is 10.8. The van der Waals surface area contributed by atoms with Gasteiger partial charge in [-0.05, 0) is 18.2 Å². The highest BCUT2D eigenvalue weighted by Gasteiger charge is 2.14. The van der Waals surface area contributed by atoms with E-state index in [0.717, 1.165) is 5.56 Å². The van der Waals surface area contributed by atoms with Crippen LogP contribution in [0.4, 0.5) is 10.2 Å². The number of nitrogens with one attached hydrogen (secondary N) is 1. The largest absolute Gasteiger partial charge is 0.371 e. The van der Waals surface area contributed by atoms with E-state index >= 15 is 0 Å². The van der Waals surface area contributed by atoms with Crippen LogP contribution >= 0.6 is 11.6 Å². The van der Waals surface area contributed by atoms with Crippen molar-refractivity contribution in [1.82, 2.24) is 9.97 Å². The van der Waals surface area contributed by atoms with Gasteiger partial charge in [0.15, 0.2) is 11.6 Å². The molecule has 0 atom stereocenters. The summed E-state index contributed by atoms with van der Waals surface area (Å²) in [6.07, 6.45) is 0. The number of para-hydroxylation sites is 1. The van der Waals surface area contributed by atoms with Crippen LogP contribution in [0.15, 0.2) is 42.5 Å². The number of benzene rings is 2. The van der Waals surface area contributed by atoms with Crippen LogP contribution in [0.3, 0.4) is 0 Å². The lowest BCUT2D eigenvalue weighted by Gasteiger charge is -2.10. The Kier molecular flexibility index (Phi) is 3.24. The van der Waals surface area contributed by atoms with Gasteiger partial charge in [-0.25, -0.2) is 14.4 Å². The maximum absolute atomic E-state index is 13.9. The van der Waals surface area contributed by atoms with Crippen molar-refractivity contribution in [1.29, 1.82) is 0 Å². The van der Waals surface area contributed by atoms with Crippen molar-refractivity contribution in [3.8, 4) is 11.3 Å². The Hall–Kier alpha value is -2.20. The number of hydrogen-bond donors (Lipinski definition) is 1. The average Bonchev–Trinajstić information content (AvgIpc) is 2.47. The number of aromatic nitrogens is 2. The SMILES string of the molecule is CNc1nc2cccc(F)c2nc1-c1ccccc1Cl. The molecule has 0 unspecified atom stereocenters. The van der Waals surface area contributed by atoms with E-state index in [1.807, 2.05) is 18.2 Å². The number of anilines is 1. The second-order valence-electron chi connectivity index (χ2n) is 4.26. The molecule has 1 N–H and O–H groups in total. The second kappa shape index (κ2) is 5.06. The summed E-state index contributed by atoms with van der Waals surface area (Å²) >= 11 is 6.19. The Morgan fingerprint density at radius 1 is 1.05 bits per heavy atom. The van der Waals surface area contributed by atoms with E-state index < -0.39 is 5.82 Å². The third-order valence-corrected chi connectivity index (χ3v) is 3.34. The summed E-state index contributed by atoms with van der Waals surface area (Å²) in [6, 6.07) is 12.0. The fourth-order valence-corrected chi connectivity index (χ4v) is 2.28. The van der Waals surface area contributed by atoms with E-state index in [4.69, 9.17) is 11.6 Å². The third-order valence-electron chi connectivity index (χ3n) is 3.01. The molecule has 2 aromatic carbocycles. The molecule has 3 nitrogen and oxygen atoms in total. The van der Waals surface area contributed by atoms with Gasteiger partial charge in [0.2, 0.25) is 0 Å². The highest BCUT2D eigenvalue weighted by Crippen LogP contribution is 2.32. The van der Waals surface area contributed by atoms with Gasteiger partial charge in [0, 0.05) is 12.6 Å². The Morgan fingerprint density at radius 3 is 2.60 bits per heavy atom. The van der Waals surface area contributed by atoms with Crippen molar-refractivity contribution >= 4 is 28.5 Å². The smallest absolute Gasteiger partial charge is 0.153 e. The van der Waals surface area contributed by atoms with Crippen molar-refractivity contribution in [3.05, 3.63) is 53.3 Å². The van der Waals surface area contributed by atoms with Crippen LogP contribution in [0.1, 0.15) is 0 Å². The third kappa shape index (κ3) is 2.08. The number of halogens is 2. The number of hydrogen-bond acceptors (Lipinski definition) is 3. The average molecular weight is 288 g/mol. The first-order valence-corrected chi connectivity index (χ1v) is 6.47. The molecule has 20 heavy (non-hydrogen) atoms. The maximum Gasteiger partial charge on any atom is 0.153 e. The van der Waals surface area contributed by atoms with Crippen molar-refractivity contribution in [2.45, 2.75) is 0 Å². The Labute approximate surface area is 120 Å². The molecule has 1 heterocycles. The van der Waals surface area contributed by atoms with Gasteiger partial charge in [-0.2, -0.15) is 0 Å². The van der Waals surface area contributed by atoms with Gasteiger partial charge in [0.05, 0.1) is 10.5 Å². The molecule has 0 fully saturated rings. The molecule has 0 radical (unpaired) electrons. The summed E-state index contributed by atoms with van der Waals surface area (Å²) < 4.78 is 13.9. The lowest BCUT2D eigenvalue weighted by atomic mass is 10.1. The summed E-state index contributed by atoms with van der Waals surface area (Å²) in [7, 11) is 1.75. The first-order chi connectivity index (χ1) is 9.70. The van der Waals surface area contributed by atoms with Crippen LogP contribution in [-0.2, 0) is 0 Å². The lowest BCUT2D eigenvalue weighted by Crippen LogP contribution is -2.00. The van der Waals surface area contributed by atoms with Crippen molar-refractivity contribution < 1.29 is 4.39 Å². The van der Waals surface area contributed by atoms with Crippen LogP contribution in [0.2, 0.25) is 5.02 Å². The first-order valence-electron chi connectivity index (χ1n) is 6.09. The summed E-state index contributed by atoms with van der Waals surface area (Å²) in [5.41, 5.74) is 2.00. The minimum atomic E-state index is -0.397. The summed E-state index contributed by atoms with van der Waals surface area (Å²) in [6.45, 7) is 0. The van der Waals surface area contributed by atoms with Crippen LogP contribution in [0.5, 0.6) is 0 Å². The van der Waals surface area contributed by atoms with E-state index in [0.29, 0.717) is 22.1 Å². The molecule has 3 aromatic rings. The van der Waals surface area contributed by atoms with E-state index in [-0.39, 0.29) is 5.52 Å². The molecule has 1 aromatic heterocycles. The van der Waals surface area contributed by atoms with Gasteiger partial charge in [-0.3, -0.25) is 0 Å². The summed E-state index contributed by atoms with van der Waals surface area (Å²) in [4.78, 5) is 8.79. The topological polar surface area (TPSA) is 37.8 Å². The van der Waals surface area contributed by atoms with E-state index in [1.165, 1.54) is 6.07 Å². The second-order valence-corrected chi connectivity index (χ2v) is 4.67. The zero-order valence-electron chi connectivity index (χ0n) is 10.7. The van der Waals surface area contributed by atoms with Crippen molar-refractivity contribution in [2.24, 2.45) is 0 Å². The molecular formula is C15H11ClFN3. The van der Waals surface area contributed by atoms with Gasteiger partial charge in [-0.15, -0.1) is 0 Å². The first kappa shape index (κ1) is 12.8. The van der Waals surface area contributed by atoms with Crippen LogP contribution in [0.25, 0.3) is 22.3 Å². The van der Waals surface area contributed by atoms with Gasteiger partial charge in [0.1, 0.15) is 11.2 Å². The molecule has 100 valence electrons. The van der Waals surface area contributed by atoms with Gasteiger partial charge in [0.25, 0.3) is 0 Å². The zero-order valence-corrected chi connectivity index (χ0v) is 11.4.